The molecule has 0 aromatic heterocycles. The number of nitrogens with two attached hydrogens (primary N) is 1. The number of carbonyl (C=O) groups is 2. The van der Waals surface area contributed by atoms with Crippen molar-refractivity contribution in [2.45, 2.75) is 19.0 Å². The Morgan fingerprint density at radius 3 is 2.59 bits per heavy atom. The molecule has 0 aliphatic rings. The van der Waals surface area contributed by atoms with Gasteiger partial charge in [-0.1, -0.05) is 30.3 Å². The first-order valence-electron chi connectivity index (χ1n) is 5.27. The highest BCUT2D eigenvalue weighted by Gasteiger charge is 2.17. The molecular formula is C12H16N2O3. The van der Waals surface area contributed by atoms with Crippen LogP contribution in [0.5, 0.6) is 0 Å². The Morgan fingerprint density at radius 1 is 1.35 bits per heavy atom. The quantitative estimate of drug-likeness (QED) is 0.715. The minimum atomic E-state index is -0.907. The molecule has 0 unspecified atom stereocenters. The second kappa shape index (κ2) is 6.65. The lowest BCUT2D eigenvalue weighted by molar-refractivity contribution is -0.143. The van der Waals surface area contributed by atoms with E-state index < -0.39 is 12.0 Å². The van der Waals surface area contributed by atoms with E-state index in [2.05, 4.69) is 10.1 Å². The molecule has 3 N–H and O–H groups in total. The van der Waals surface area contributed by atoms with Gasteiger partial charge in [0.2, 0.25) is 5.91 Å². The molecular weight excluding hydrogens is 220 g/mol. The fourth-order valence-corrected chi connectivity index (χ4v) is 1.30. The molecule has 1 aromatic rings. The number of esters is 1. The fourth-order valence-electron chi connectivity index (χ4n) is 1.30. The van der Waals surface area contributed by atoms with Crippen LogP contribution >= 0.6 is 0 Å². The van der Waals surface area contributed by atoms with Gasteiger partial charge in [-0.25, -0.2) is 0 Å². The Morgan fingerprint density at radius 2 is 2.00 bits per heavy atom. The van der Waals surface area contributed by atoms with Crippen molar-refractivity contribution >= 4 is 11.9 Å². The Kier molecular flexibility index (Phi) is 5.16. The number of benzene rings is 1. The van der Waals surface area contributed by atoms with E-state index in [-0.39, 0.29) is 12.3 Å². The van der Waals surface area contributed by atoms with E-state index in [0.29, 0.717) is 6.54 Å². The maximum atomic E-state index is 11.4. The topological polar surface area (TPSA) is 81.4 Å². The predicted octanol–water partition coefficient (Wildman–Crippen LogP) is 0.193. The molecule has 92 valence electrons. The minimum Gasteiger partial charge on any atom is -0.468 e. The first-order chi connectivity index (χ1) is 8.13. The number of amides is 1. The molecule has 0 radical (unpaired) electrons. The van der Waals surface area contributed by atoms with Crippen molar-refractivity contribution < 1.29 is 14.3 Å². The maximum Gasteiger partial charge on any atom is 0.323 e. The van der Waals surface area contributed by atoms with E-state index in [4.69, 9.17) is 5.73 Å². The van der Waals surface area contributed by atoms with E-state index in [0.717, 1.165) is 5.56 Å². The van der Waals surface area contributed by atoms with Crippen molar-refractivity contribution in [1.82, 2.24) is 5.32 Å². The summed E-state index contributed by atoms with van der Waals surface area (Å²) in [6, 6.07) is 8.58. The van der Waals surface area contributed by atoms with Gasteiger partial charge >= 0.3 is 5.97 Å². The lowest BCUT2D eigenvalue weighted by atomic mass is 10.2. The summed E-state index contributed by atoms with van der Waals surface area (Å²) < 4.78 is 4.43. The van der Waals surface area contributed by atoms with Crippen LogP contribution in [-0.4, -0.2) is 25.0 Å². The van der Waals surface area contributed by atoms with Crippen LogP contribution in [0.3, 0.4) is 0 Å². The smallest absolute Gasteiger partial charge is 0.323 e. The van der Waals surface area contributed by atoms with Gasteiger partial charge in [-0.15, -0.1) is 0 Å². The van der Waals surface area contributed by atoms with Gasteiger partial charge < -0.3 is 15.8 Å². The summed E-state index contributed by atoms with van der Waals surface area (Å²) in [6.07, 6.45) is -0.0699. The normalized spacial score (nSPS) is 11.6. The summed E-state index contributed by atoms with van der Waals surface area (Å²) in [7, 11) is 1.24. The summed E-state index contributed by atoms with van der Waals surface area (Å²) >= 11 is 0. The maximum absolute atomic E-state index is 11.4. The van der Waals surface area contributed by atoms with E-state index in [9.17, 15) is 9.59 Å². The SMILES string of the molecule is COC(=O)[C@@H](N)CC(=O)NCc1ccccc1. The Labute approximate surface area is 99.9 Å². The standard InChI is InChI=1S/C12H16N2O3/c1-17-12(16)10(13)7-11(15)14-8-9-5-3-2-4-6-9/h2-6,10H,7-8,13H2,1H3,(H,14,15)/t10-/m0/s1. The van der Waals surface area contributed by atoms with Gasteiger partial charge in [0.25, 0.3) is 0 Å². The summed E-state index contributed by atoms with van der Waals surface area (Å²) in [6.45, 7) is 0.424. The molecule has 17 heavy (non-hydrogen) atoms. The van der Waals surface area contributed by atoms with Gasteiger partial charge in [-0.05, 0) is 5.56 Å². The van der Waals surface area contributed by atoms with Crippen molar-refractivity contribution in [2.24, 2.45) is 5.73 Å². The monoisotopic (exact) mass is 236 g/mol. The molecule has 5 nitrogen and oxygen atoms in total. The second-order valence-electron chi connectivity index (χ2n) is 3.60. The van der Waals surface area contributed by atoms with Crippen molar-refractivity contribution in [1.29, 1.82) is 0 Å². The molecule has 1 atom stereocenters. The molecule has 1 rings (SSSR count). The number of hydrogen-bond donors (Lipinski definition) is 2. The second-order valence-corrected chi connectivity index (χ2v) is 3.60. The zero-order valence-electron chi connectivity index (χ0n) is 9.68. The van der Waals surface area contributed by atoms with Crippen LogP contribution < -0.4 is 11.1 Å². The van der Waals surface area contributed by atoms with Crippen LogP contribution in [0.25, 0.3) is 0 Å². The number of rotatable bonds is 5. The third-order valence-corrected chi connectivity index (χ3v) is 2.24. The van der Waals surface area contributed by atoms with Crippen LogP contribution in [0.4, 0.5) is 0 Å². The van der Waals surface area contributed by atoms with Gasteiger partial charge in [-0.3, -0.25) is 9.59 Å². The molecule has 5 heteroatoms. The van der Waals surface area contributed by atoms with Crippen molar-refractivity contribution in [2.75, 3.05) is 7.11 Å². The highest BCUT2D eigenvalue weighted by molar-refractivity contribution is 5.84. The molecule has 0 bridgehead atoms. The van der Waals surface area contributed by atoms with Crippen LogP contribution in [-0.2, 0) is 20.9 Å². The average molecular weight is 236 g/mol. The third kappa shape index (κ3) is 4.65. The first-order valence-corrected chi connectivity index (χ1v) is 5.27. The summed E-state index contributed by atoms with van der Waals surface area (Å²) in [5, 5.41) is 2.68. The molecule has 0 fully saturated rings. The molecule has 0 heterocycles. The lowest BCUT2D eigenvalue weighted by Gasteiger charge is -2.09. The van der Waals surface area contributed by atoms with Gasteiger partial charge in [0.1, 0.15) is 6.04 Å². The van der Waals surface area contributed by atoms with Gasteiger partial charge in [0.15, 0.2) is 0 Å². The van der Waals surface area contributed by atoms with E-state index in [1.807, 2.05) is 30.3 Å². The lowest BCUT2D eigenvalue weighted by Crippen LogP contribution is -2.37. The fraction of sp³-hybridized carbons (Fsp3) is 0.333. The van der Waals surface area contributed by atoms with E-state index >= 15 is 0 Å². The first kappa shape index (κ1) is 13.2. The largest absolute Gasteiger partial charge is 0.468 e. The van der Waals surface area contributed by atoms with E-state index in [1.165, 1.54) is 7.11 Å². The Bertz CT molecular complexity index is 379. The van der Waals surface area contributed by atoms with E-state index in [1.54, 1.807) is 0 Å². The molecule has 0 aliphatic carbocycles. The number of carbonyl (C=O) groups excluding carboxylic acids is 2. The van der Waals surface area contributed by atoms with Gasteiger partial charge in [0, 0.05) is 6.54 Å². The highest BCUT2D eigenvalue weighted by Crippen LogP contribution is 1.98. The van der Waals surface area contributed by atoms with Gasteiger partial charge in [0.05, 0.1) is 13.5 Å². The molecule has 1 aromatic carbocycles. The Hall–Kier alpha value is -1.88. The Balaban J connectivity index is 2.33. The molecule has 0 aliphatic heterocycles. The number of ether oxygens (including phenoxy) is 1. The molecule has 1 amide bonds. The third-order valence-electron chi connectivity index (χ3n) is 2.24. The summed E-state index contributed by atoms with van der Waals surface area (Å²) in [5.74, 6) is -0.855. The predicted molar refractivity (Wildman–Crippen MR) is 62.9 cm³/mol. The van der Waals surface area contributed by atoms with Crippen LogP contribution in [0.2, 0.25) is 0 Å². The van der Waals surface area contributed by atoms with Crippen LogP contribution in [0.1, 0.15) is 12.0 Å². The number of methoxy groups -OCH3 is 1. The summed E-state index contributed by atoms with van der Waals surface area (Å²) in [5.41, 5.74) is 6.46. The number of nitrogens with one attached hydrogen (secondary N) is 1. The number of hydrogen-bond acceptors (Lipinski definition) is 4. The highest BCUT2D eigenvalue weighted by atomic mass is 16.5. The zero-order chi connectivity index (χ0) is 12.7. The molecule has 0 saturated heterocycles. The van der Waals surface area contributed by atoms with Crippen LogP contribution in [0.15, 0.2) is 30.3 Å². The zero-order valence-corrected chi connectivity index (χ0v) is 9.68. The van der Waals surface area contributed by atoms with Crippen molar-refractivity contribution in [3.05, 3.63) is 35.9 Å². The minimum absolute atomic E-state index is 0.0699. The summed E-state index contributed by atoms with van der Waals surface area (Å²) in [4.78, 5) is 22.4. The van der Waals surface area contributed by atoms with Crippen molar-refractivity contribution in [3.8, 4) is 0 Å². The van der Waals surface area contributed by atoms with Crippen molar-refractivity contribution in [3.63, 3.8) is 0 Å². The molecule has 0 saturated carbocycles. The molecule has 0 spiro atoms. The van der Waals surface area contributed by atoms with Gasteiger partial charge in [-0.2, -0.15) is 0 Å². The average Bonchev–Trinajstić information content (AvgIpc) is 2.36. The van der Waals surface area contributed by atoms with Crippen LogP contribution in [0, 0.1) is 0 Å².